The third-order valence-corrected chi connectivity index (χ3v) is 3.58. The lowest BCUT2D eigenvalue weighted by Crippen LogP contribution is -2.03. The first-order valence-electron chi connectivity index (χ1n) is 4.23. The van der Waals surface area contributed by atoms with Crippen LogP contribution in [0.2, 0.25) is 0 Å². The Bertz CT molecular complexity index is 265. The number of thiazole rings is 1. The summed E-state index contributed by atoms with van der Waals surface area (Å²) in [5.41, 5.74) is 1.38. The molecule has 1 atom stereocenters. The Morgan fingerprint density at radius 2 is 2.36 bits per heavy atom. The van der Waals surface area contributed by atoms with Crippen molar-refractivity contribution >= 4 is 11.3 Å². The highest BCUT2D eigenvalue weighted by Crippen LogP contribution is 2.34. The Kier molecular flexibility index (Phi) is 1.72. The fourth-order valence-corrected chi connectivity index (χ4v) is 2.82. The van der Waals surface area contributed by atoms with E-state index in [0.29, 0.717) is 0 Å². The molecule has 1 nitrogen and oxygen atoms in total. The normalized spacial score (nSPS) is 23.3. The van der Waals surface area contributed by atoms with Gasteiger partial charge < -0.3 is 0 Å². The number of hydrogen-bond donors (Lipinski definition) is 0. The molecule has 1 heterocycles. The highest BCUT2D eigenvalue weighted by Gasteiger charge is 2.19. The predicted octanol–water partition coefficient (Wildman–Crippen LogP) is 2.89. The van der Waals surface area contributed by atoms with Gasteiger partial charge >= 0.3 is 0 Å². The van der Waals surface area contributed by atoms with E-state index >= 15 is 0 Å². The summed E-state index contributed by atoms with van der Waals surface area (Å²) >= 11 is 1.89. The zero-order chi connectivity index (χ0) is 7.84. The van der Waals surface area contributed by atoms with Gasteiger partial charge in [-0.25, -0.2) is 4.98 Å². The minimum atomic E-state index is 0.768. The molecule has 2 rings (SSSR count). The van der Waals surface area contributed by atoms with Gasteiger partial charge in [0.25, 0.3) is 0 Å². The summed E-state index contributed by atoms with van der Waals surface area (Å²) in [5, 5.41) is 1.24. The summed E-state index contributed by atoms with van der Waals surface area (Å²) in [6, 6.07) is 0. The molecule has 0 aliphatic heterocycles. The van der Waals surface area contributed by atoms with E-state index in [1.807, 2.05) is 11.3 Å². The van der Waals surface area contributed by atoms with E-state index in [2.05, 4.69) is 18.8 Å². The molecule has 0 radical (unpaired) electrons. The molecule has 60 valence electrons. The second-order valence-corrected chi connectivity index (χ2v) is 4.57. The number of aryl methyl sites for hydroxylation is 2. The van der Waals surface area contributed by atoms with Crippen molar-refractivity contribution in [3.63, 3.8) is 0 Å². The minimum Gasteiger partial charge on any atom is -0.246 e. The second kappa shape index (κ2) is 2.59. The van der Waals surface area contributed by atoms with E-state index in [1.54, 1.807) is 4.88 Å². The van der Waals surface area contributed by atoms with Gasteiger partial charge in [0.2, 0.25) is 0 Å². The minimum absolute atomic E-state index is 0.768. The average molecular weight is 167 g/mol. The molecule has 0 saturated carbocycles. The van der Waals surface area contributed by atoms with Gasteiger partial charge in [-0.2, -0.15) is 0 Å². The Hall–Kier alpha value is -0.370. The third kappa shape index (κ3) is 1.20. The highest BCUT2D eigenvalue weighted by atomic mass is 32.1. The van der Waals surface area contributed by atoms with Crippen molar-refractivity contribution in [3.05, 3.63) is 15.6 Å². The SMILES string of the molecule is Cc1nc2c(s1)C(C)CCC2. The molecule has 0 N–H and O–H groups in total. The van der Waals surface area contributed by atoms with Crippen LogP contribution in [-0.4, -0.2) is 4.98 Å². The van der Waals surface area contributed by atoms with Crippen LogP contribution in [0.3, 0.4) is 0 Å². The van der Waals surface area contributed by atoms with Gasteiger partial charge in [0, 0.05) is 4.88 Å². The summed E-state index contributed by atoms with van der Waals surface area (Å²) < 4.78 is 0. The number of aromatic nitrogens is 1. The van der Waals surface area contributed by atoms with Crippen LogP contribution in [0.5, 0.6) is 0 Å². The van der Waals surface area contributed by atoms with Gasteiger partial charge in [-0.05, 0) is 32.1 Å². The molecular weight excluding hydrogens is 154 g/mol. The van der Waals surface area contributed by atoms with E-state index in [9.17, 15) is 0 Å². The molecule has 0 bridgehead atoms. The van der Waals surface area contributed by atoms with Gasteiger partial charge in [-0.15, -0.1) is 11.3 Å². The summed E-state index contributed by atoms with van der Waals surface area (Å²) in [6.45, 7) is 4.42. The second-order valence-electron chi connectivity index (χ2n) is 3.34. The van der Waals surface area contributed by atoms with Crippen LogP contribution in [0.25, 0.3) is 0 Å². The molecule has 11 heavy (non-hydrogen) atoms. The summed E-state index contributed by atoms with van der Waals surface area (Å²) in [7, 11) is 0. The van der Waals surface area contributed by atoms with Gasteiger partial charge in [-0.1, -0.05) is 6.92 Å². The van der Waals surface area contributed by atoms with Crippen molar-refractivity contribution in [1.82, 2.24) is 4.98 Å². The summed E-state index contributed by atoms with van der Waals surface area (Å²) in [6.07, 6.45) is 3.90. The molecule has 1 unspecified atom stereocenters. The fourth-order valence-electron chi connectivity index (χ4n) is 1.76. The molecular formula is C9H13NS. The zero-order valence-corrected chi connectivity index (χ0v) is 7.87. The van der Waals surface area contributed by atoms with Crippen molar-refractivity contribution in [2.75, 3.05) is 0 Å². The molecule has 0 aromatic carbocycles. The molecule has 2 heteroatoms. The van der Waals surface area contributed by atoms with Crippen molar-refractivity contribution in [2.24, 2.45) is 0 Å². The Labute approximate surface area is 71.5 Å². The lowest BCUT2D eigenvalue weighted by molar-refractivity contribution is 0.592. The van der Waals surface area contributed by atoms with Crippen molar-refractivity contribution in [1.29, 1.82) is 0 Å². The van der Waals surface area contributed by atoms with Gasteiger partial charge in [-0.3, -0.25) is 0 Å². The van der Waals surface area contributed by atoms with E-state index in [0.717, 1.165) is 5.92 Å². The molecule has 0 saturated heterocycles. The Morgan fingerprint density at radius 1 is 1.55 bits per heavy atom. The standard InChI is InChI=1S/C9H13NS/c1-6-4-3-5-8-9(6)11-7(2)10-8/h6H,3-5H2,1-2H3. The largest absolute Gasteiger partial charge is 0.246 e. The lowest BCUT2D eigenvalue weighted by atomic mass is 9.94. The molecule has 1 aromatic heterocycles. The smallest absolute Gasteiger partial charge is 0.0900 e. The van der Waals surface area contributed by atoms with Crippen LogP contribution in [0.4, 0.5) is 0 Å². The third-order valence-electron chi connectivity index (χ3n) is 2.33. The Morgan fingerprint density at radius 3 is 3.09 bits per heavy atom. The maximum absolute atomic E-state index is 4.52. The van der Waals surface area contributed by atoms with E-state index in [-0.39, 0.29) is 0 Å². The van der Waals surface area contributed by atoms with Crippen LogP contribution in [-0.2, 0) is 6.42 Å². The number of hydrogen-bond acceptors (Lipinski definition) is 2. The van der Waals surface area contributed by atoms with Gasteiger partial charge in [0.05, 0.1) is 10.7 Å². The first-order chi connectivity index (χ1) is 5.27. The zero-order valence-electron chi connectivity index (χ0n) is 7.05. The van der Waals surface area contributed by atoms with E-state index < -0.39 is 0 Å². The fraction of sp³-hybridized carbons (Fsp3) is 0.667. The monoisotopic (exact) mass is 167 g/mol. The lowest BCUT2D eigenvalue weighted by Gasteiger charge is -2.15. The van der Waals surface area contributed by atoms with E-state index in [1.165, 1.54) is 30.0 Å². The van der Waals surface area contributed by atoms with Crippen molar-refractivity contribution in [2.45, 2.75) is 39.0 Å². The molecule has 0 amide bonds. The van der Waals surface area contributed by atoms with E-state index in [4.69, 9.17) is 0 Å². The maximum Gasteiger partial charge on any atom is 0.0900 e. The average Bonchev–Trinajstić information content (AvgIpc) is 2.31. The van der Waals surface area contributed by atoms with Crippen molar-refractivity contribution in [3.8, 4) is 0 Å². The van der Waals surface area contributed by atoms with Crippen LogP contribution in [0.1, 0.15) is 41.3 Å². The van der Waals surface area contributed by atoms with Crippen LogP contribution >= 0.6 is 11.3 Å². The Balaban J connectivity index is 2.43. The first-order valence-corrected chi connectivity index (χ1v) is 5.05. The number of fused-ring (bicyclic) bond motifs is 1. The maximum atomic E-state index is 4.52. The topological polar surface area (TPSA) is 12.9 Å². The van der Waals surface area contributed by atoms with Crippen molar-refractivity contribution < 1.29 is 0 Å². The molecule has 1 aliphatic rings. The molecule has 1 aromatic rings. The number of rotatable bonds is 0. The van der Waals surface area contributed by atoms with Crippen LogP contribution in [0, 0.1) is 6.92 Å². The predicted molar refractivity (Wildman–Crippen MR) is 48.2 cm³/mol. The van der Waals surface area contributed by atoms with Gasteiger partial charge in [0.1, 0.15) is 0 Å². The molecule has 0 fully saturated rings. The van der Waals surface area contributed by atoms with Gasteiger partial charge in [0.15, 0.2) is 0 Å². The summed E-state index contributed by atoms with van der Waals surface area (Å²) in [5.74, 6) is 0.768. The quantitative estimate of drug-likeness (QED) is 0.579. The molecule has 1 aliphatic carbocycles. The first kappa shape index (κ1) is 7.29. The highest BCUT2D eigenvalue weighted by molar-refractivity contribution is 7.11. The summed E-state index contributed by atoms with van der Waals surface area (Å²) in [4.78, 5) is 6.07. The number of nitrogens with zero attached hydrogens (tertiary/aromatic N) is 1. The van der Waals surface area contributed by atoms with Crippen LogP contribution < -0.4 is 0 Å². The molecule has 0 spiro atoms. The van der Waals surface area contributed by atoms with Crippen LogP contribution in [0.15, 0.2) is 0 Å².